The third-order valence-electron chi connectivity index (χ3n) is 2.55. The number of hydrogen-bond acceptors (Lipinski definition) is 5. The number of carbonyl (C=O) groups is 3. The third-order valence-corrected chi connectivity index (χ3v) is 2.55. The van der Waals surface area contributed by atoms with Crippen molar-refractivity contribution >= 4 is 28.8 Å². The summed E-state index contributed by atoms with van der Waals surface area (Å²) < 4.78 is 0. The summed E-state index contributed by atoms with van der Waals surface area (Å²) in [6, 6.07) is 7.74. The van der Waals surface area contributed by atoms with Crippen molar-refractivity contribution < 1.29 is 29.7 Å². The normalized spacial score (nSPS) is 11.1. The summed E-state index contributed by atoms with van der Waals surface area (Å²) in [5.74, 6) is -3.44. The van der Waals surface area contributed by atoms with Gasteiger partial charge in [0.1, 0.15) is 6.04 Å². The average Bonchev–Trinajstić information content (AvgIpc) is 2.46. The van der Waals surface area contributed by atoms with E-state index in [2.05, 4.69) is 4.98 Å². The Balaban J connectivity index is 0.000000239. The maximum absolute atomic E-state index is 10.6. The summed E-state index contributed by atoms with van der Waals surface area (Å²) in [4.78, 5) is 34.2. The SMILES string of the molecule is NC(CC(=O)O)C(=O)O.O=C(O)c1cnc2ccccc2c1. The standard InChI is InChI=1S/C10H7NO2.C4H7NO4/c12-10(13)8-5-7-3-1-2-4-9(7)11-6-8;5-2(4(8)9)1-3(6)7/h1-6H,(H,12,13);2H,1,5H2,(H,6,7)(H,8,9). The molecule has 1 unspecified atom stereocenters. The zero-order chi connectivity index (χ0) is 16.7. The molecular formula is C14H14N2O6. The molecule has 1 aromatic heterocycles. The van der Waals surface area contributed by atoms with Crippen LogP contribution in [0.4, 0.5) is 0 Å². The number of benzene rings is 1. The van der Waals surface area contributed by atoms with Gasteiger partial charge in [0.05, 0.1) is 17.5 Å². The second kappa shape index (κ2) is 7.70. The maximum atomic E-state index is 10.6. The van der Waals surface area contributed by atoms with Gasteiger partial charge in [0.2, 0.25) is 0 Å². The minimum absolute atomic E-state index is 0.221. The Morgan fingerprint density at radius 1 is 1.14 bits per heavy atom. The molecule has 8 nitrogen and oxygen atoms in total. The summed E-state index contributed by atoms with van der Waals surface area (Å²) >= 11 is 0. The van der Waals surface area contributed by atoms with Crippen LogP contribution in [-0.2, 0) is 9.59 Å². The molecule has 0 spiro atoms. The molecule has 0 aliphatic heterocycles. The first-order valence-corrected chi connectivity index (χ1v) is 6.09. The Bertz CT molecular complexity index is 701. The molecule has 2 rings (SSSR count). The lowest BCUT2D eigenvalue weighted by atomic mass is 10.2. The fraction of sp³-hybridized carbons (Fsp3) is 0.143. The zero-order valence-corrected chi connectivity index (χ0v) is 11.3. The van der Waals surface area contributed by atoms with Crippen LogP contribution in [0.15, 0.2) is 36.5 Å². The van der Waals surface area contributed by atoms with Gasteiger partial charge in [-0.15, -0.1) is 0 Å². The topological polar surface area (TPSA) is 151 Å². The lowest BCUT2D eigenvalue weighted by molar-refractivity contribution is -0.144. The lowest BCUT2D eigenvalue weighted by Crippen LogP contribution is -2.32. The molecule has 116 valence electrons. The fourth-order valence-electron chi connectivity index (χ4n) is 1.46. The second-order valence-electron chi connectivity index (χ2n) is 4.26. The number of para-hydroxylation sites is 1. The van der Waals surface area contributed by atoms with Crippen LogP contribution in [0.5, 0.6) is 0 Å². The molecule has 0 saturated heterocycles. The second-order valence-corrected chi connectivity index (χ2v) is 4.26. The molecule has 5 N–H and O–H groups in total. The smallest absolute Gasteiger partial charge is 0.337 e. The Hall–Kier alpha value is -3.00. The van der Waals surface area contributed by atoms with Gasteiger partial charge in [0.15, 0.2) is 0 Å². The monoisotopic (exact) mass is 306 g/mol. The van der Waals surface area contributed by atoms with E-state index in [-0.39, 0.29) is 5.56 Å². The molecule has 0 fully saturated rings. The molecule has 2 aromatic rings. The van der Waals surface area contributed by atoms with E-state index in [4.69, 9.17) is 21.1 Å². The number of nitrogens with two attached hydrogens (primary N) is 1. The van der Waals surface area contributed by atoms with Crippen LogP contribution in [0.2, 0.25) is 0 Å². The van der Waals surface area contributed by atoms with E-state index in [1.165, 1.54) is 6.20 Å². The third kappa shape index (κ3) is 5.17. The van der Waals surface area contributed by atoms with E-state index >= 15 is 0 Å². The van der Waals surface area contributed by atoms with E-state index < -0.39 is 30.4 Å². The van der Waals surface area contributed by atoms with Gasteiger partial charge in [-0.1, -0.05) is 18.2 Å². The molecule has 0 aliphatic carbocycles. The van der Waals surface area contributed by atoms with Crippen LogP contribution in [0.3, 0.4) is 0 Å². The van der Waals surface area contributed by atoms with E-state index in [1.807, 2.05) is 24.3 Å². The highest BCUT2D eigenvalue weighted by Crippen LogP contribution is 2.12. The minimum atomic E-state index is -1.29. The van der Waals surface area contributed by atoms with Gasteiger partial charge in [-0.3, -0.25) is 14.6 Å². The van der Waals surface area contributed by atoms with Gasteiger partial charge < -0.3 is 21.1 Å². The quantitative estimate of drug-likeness (QED) is 0.647. The molecule has 8 heteroatoms. The number of aliphatic carboxylic acids is 2. The van der Waals surface area contributed by atoms with Crippen molar-refractivity contribution in [1.29, 1.82) is 0 Å². The van der Waals surface area contributed by atoms with E-state index in [0.29, 0.717) is 0 Å². The van der Waals surface area contributed by atoms with Crippen molar-refractivity contribution in [2.75, 3.05) is 0 Å². The summed E-state index contributed by atoms with van der Waals surface area (Å²) in [5.41, 5.74) is 5.87. The number of rotatable bonds is 4. The summed E-state index contributed by atoms with van der Waals surface area (Å²) in [6.45, 7) is 0. The Kier molecular flexibility index (Phi) is 5.96. The number of pyridine rings is 1. The van der Waals surface area contributed by atoms with Gasteiger partial charge in [-0.05, 0) is 12.1 Å². The van der Waals surface area contributed by atoms with Gasteiger partial charge in [0, 0.05) is 11.6 Å². The number of hydrogen-bond donors (Lipinski definition) is 4. The predicted octanol–water partition coefficient (Wildman–Crippen LogP) is 0.806. The summed E-state index contributed by atoms with van der Waals surface area (Å²) in [5, 5.41) is 25.6. The molecule has 1 atom stereocenters. The molecule has 1 heterocycles. The Morgan fingerprint density at radius 3 is 2.27 bits per heavy atom. The number of carboxylic acid groups (broad SMARTS) is 3. The van der Waals surface area contributed by atoms with Crippen LogP contribution in [0.25, 0.3) is 10.9 Å². The molecule has 1 aromatic carbocycles. The first kappa shape index (κ1) is 17.1. The van der Waals surface area contributed by atoms with E-state index in [9.17, 15) is 14.4 Å². The number of fused-ring (bicyclic) bond motifs is 1. The number of carboxylic acids is 3. The highest BCUT2D eigenvalue weighted by Gasteiger charge is 2.14. The van der Waals surface area contributed by atoms with Gasteiger partial charge in [0.25, 0.3) is 0 Å². The largest absolute Gasteiger partial charge is 0.481 e. The van der Waals surface area contributed by atoms with Crippen LogP contribution in [-0.4, -0.2) is 44.3 Å². The van der Waals surface area contributed by atoms with E-state index in [1.54, 1.807) is 6.07 Å². The predicted molar refractivity (Wildman–Crippen MR) is 76.6 cm³/mol. The molecule has 0 bridgehead atoms. The van der Waals surface area contributed by atoms with Gasteiger partial charge in [-0.2, -0.15) is 0 Å². The van der Waals surface area contributed by atoms with Crippen molar-refractivity contribution in [2.24, 2.45) is 5.73 Å². The number of nitrogens with zero attached hydrogens (tertiary/aromatic N) is 1. The van der Waals surface area contributed by atoms with Crippen LogP contribution in [0.1, 0.15) is 16.8 Å². The van der Waals surface area contributed by atoms with Crippen LogP contribution < -0.4 is 5.73 Å². The first-order chi connectivity index (χ1) is 10.3. The average molecular weight is 306 g/mol. The van der Waals surface area contributed by atoms with Crippen molar-refractivity contribution in [2.45, 2.75) is 12.5 Å². The van der Waals surface area contributed by atoms with Crippen molar-refractivity contribution in [3.05, 3.63) is 42.1 Å². The number of aromatic carboxylic acids is 1. The van der Waals surface area contributed by atoms with Gasteiger partial charge in [-0.25, -0.2) is 4.79 Å². The molecular weight excluding hydrogens is 292 g/mol. The summed E-state index contributed by atoms with van der Waals surface area (Å²) in [7, 11) is 0. The van der Waals surface area contributed by atoms with Crippen molar-refractivity contribution in [3.63, 3.8) is 0 Å². The van der Waals surface area contributed by atoms with Crippen molar-refractivity contribution in [1.82, 2.24) is 4.98 Å². The molecule has 0 saturated carbocycles. The van der Waals surface area contributed by atoms with Crippen molar-refractivity contribution in [3.8, 4) is 0 Å². The summed E-state index contributed by atoms with van der Waals surface area (Å²) in [6.07, 6.45) is 0.833. The Labute approximate surface area is 124 Å². The molecule has 0 radical (unpaired) electrons. The zero-order valence-electron chi connectivity index (χ0n) is 11.3. The fourth-order valence-corrected chi connectivity index (χ4v) is 1.46. The Morgan fingerprint density at radius 2 is 1.77 bits per heavy atom. The van der Waals surface area contributed by atoms with Crippen LogP contribution in [0, 0.1) is 0 Å². The molecule has 0 aliphatic rings. The maximum Gasteiger partial charge on any atom is 0.337 e. The minimum Gasteiger partial charge on any atom is -0.481 e. The van der Waals surface area contributed by atoms with Crippen LogP contribution >= 0.6 is 0 Å². The lowest BCUT2D eigenvalue weighted by Gasteiger charge is -1.99. The van der Waals surface area contributed by atoms with Gasteiger partial charge >= 0.3 is 17.9 Å². The highest BCUT2D eigenvalue weighted by atomic mass is 16.4. The first-order valence-electron chi connectivity index (χ1n) is 6.09. The molecule has 0 amide bonds. The number of aromatic nitrogens is 1. The molecule has 22 heavy (non-hydrogen) atoms. The highest BCUT2D eigenvalue weighted by molar-refractivity contribution is 5.92. The van der Waals surface area contributed by atoms with E-state index in [0.717, 1.165) is 10.9 Å².